The van der Waals surface area contributed by atoms with E-state index in [1.54, 1.807) is 11.3 Å². The predicted octanol–water partition coefficient (Wildman–Crippen LogP) is 3.20. The Morgan fingerprint density at radius 3 is 2.75 bits per heavy atom. The van der Waals surface area contributed by atoms with Gasteiger partial charge >= 0.3 is 0 Å². The molecule has 0 aliphatic carbocycles. The molecule has 1 aromatic rings. The SMILES string of the molecule is CC(Br)c1ccsc1. The lowest BCUT2D eigenvalue weighted by molar-refractivity contribution is 1.14. The minimum Gasteiger partial charge on any atom is -0.152 e. The van der Waals surface area contributed by atoms with Crippen LogP contribution < -0.4 is 0 Å². The van der Waals surface area contributed by atoms with E-state index in [-0.39, 0.29) is 0 Å². The highest BCUT2D eigenvalue weighted by Gasteiger charge is 1.97. The van der Waals surface area contributed by atoms with Crippen LogP contribution in [0, 0.1) is 0 Å². The number of hydrogen-bond acceptors (Lipinski definition) is 1. The zero-order chi connectivity index (χ0) is 5.98. The molecule has 0 fully saturated rings. The normalized spacial score (nSPS) is 13.8. The highest BCUT2D eigenvalue weighted by molar-refractivity contribution is 9.09. The van der Waals surface area contributed by atoms with Crippen LogP contribution in [0.15, 0.2) is 16.8 Å². The van der Waals surface area contributed by atoms with E-state index in [1.165, 1.54) is 5.56 Å². The molecule has 1 rings (SSSR count). The molecule has 0 aliphatic rings. The van der Waals surface area contributed by atoms with Gasteiger partial charge in [-0.1, -0.05) is 15.9 Å². The van der Waals surface area contributed by atoms with Gasteiger partial charge in [0.05, 0.1) is 0 Å². The summed E-state index contributed by atoms with van der Waals surface area (Å²) in [6.07, 6.45) is 0. The van der Waals surface area contributed by atoms with Crippen LogP contribution in [0.1, 0.15) is 17.3 Å². The molecule has 44 valence electrons. The van der Waals surface area contributed by atoms with Crippen molar-refractivity contribution in [3.63, 3.8) is 0 Å². The Bertz CT molecular complexity index is 144. The predicted molar refractivity (Wildman–Crippen MR) is 41.7 cm³/mol. The molecule has 8 heavy (non-hydrogen) atoms. The zero-order valence-corrected chi connectivity index (χ0v) is 7.00. The summed E-state index contributed by atoms with van der Waals surface area (Å²) < 4.78 is 0. The van der Waals surface area contributed by atoms with Gasteiger partial charge in [-0.2, -0.15) is 11.3 Å². The molecule has 1 unspecified atom stereocenters. The van der Waals surface area contributed by atoms with Crippen LogP contribution in [0.25, 0.3) is 0 Å². The number of alkyl halides is 1. The van der Waals surface area contributed by atoms with E-state index in [1.807, 2.05) is 0 Å². The van der Waals surface area contributed by atoms with Gasteiger partial charge in [-0.3, -0.25) is 0 Å². The van der Waals surface area contributed by atoms with Crippen molar-refractivity contribution < 1.29 is 0 Å². The van der Waals surface area contributed by atoms with Crippen molar-refractivity contribution in [1.29, 1.82) is 0 Å². The molecule has 0 aliphatic heterocycles. The molecule has 2 heteroatoms. The average molecular weight is 191 g/mol. The molecule has 1 heterocycles. The van der Waals surface area contributed by atoms with E-state index >= 15 is 0 Å². The van der Waals surface area contributed by atoms with Gasteiger partial charge in [0.15, 0.2) is 0 Å². The standard InChI is InChI=1S/C6H7BrS/c1-5(7)6-2-3-8-4-6/h2-5H,1H3. The fourth-order valence-corrected chi connectivity index (χ4v) is 1.72. The van der Waals surface area contributed by atoms with E-state index in [9.17, 15) is 0 Å². The minimum absolute atomic E-state index is 0.508. The molecule has 0 nitrogen and oxygen atoms in total. The maximum absolute atomic E-state index is 3.47. The average Bonchev–Trinajstić information content (AvgIpc) is 2.12. The Morgan fingerprint density at radius 1 is 1.75 bits per heavy atom. The van der Waals surface area contributed by atoms with E-state index < -0.39 is 0 Å². The number of thiophene rings is 1. The van der Waals surface area contributed by atoms with Crippen LogP contribution >= 0.6 is 27.3 Å². The number of halogens is 1. The fraction of sp³-hybridized carbons (Fsp3) is 0.333. The van der Waals surface area contributed by atoms with Gasteiger partial charge in [-0.25, -0.2) is 0 Å². The van der Waals surface area contributed by atoms with Crippen LogP contribution in [0.4, 0.5) is 0 Å². The number of rotatable bonds is 1. The van der Waals surface area contributed by atoms with Crippen molar-refractivity contribution in [3.05, 3.63) is 22.4 Å². The second-order valence-electron chi connectivity index (χ2n) is 1.67. The summed E-state index contributed by atoms with van der Waals surface area (Å²) in [6, 6.07) is 2.13. The van der Waals surface area contributed by atoms with Crippen molar-refractivity contribution in [1.82, 2.24) is 0 Å². The van der Waals surface area contributed by atoms with Crippen LogP contribution in [-0.2, 0) is 0 Å². The first-order chi connectivity index (χ1) is 3.80. The minimum atomic E-state index is 0.508. The van der Waals surface area contributed by atoms with E-state index in [0.717, 1.165) is 0 Å². The first-order valence-corrected chi connectivity index (χ1v) is 4.32. The first kappa shape index (κ1) is 6.30. The molecule has 1 aromatic heterocycles. The summed E-state index contributed by atoms with van der Waals surface area (Å²) >= 11 is 5.21. The smallest absolute Gasteiger partial charge is 0.0375 e. The highest BCUT2D eigenvalue weighted by Crippen LogP contribution is 2.22. The van der Waals surface area contributed by atoms with Gasteiger partial charge in [-0.15, -0.1) is 0 Å². The molecule has 0 N–H and O–H groups in total. The van der Waals surface area contributed by atoms with Crippen molar-refractivity contribution in [2.24, 2.45) is 0 Å². The molecular formula is C6H7BrS. The lowest BCUT2D eigenvalue weighted by atomic mass is 10.3. The Kier molecular flexibility index (Phi) is 2.08. The van der Waals surface area contributed by atoms with E-state index in [2.05, 4.69) is 39.7 Å². The van der Waals surface area contributed by atoms with Crippen LogP contribution in [0.2, 0.25) is 0 Å². The lowest BCUT2D eigenvalue weighted by Crippen LogP contribution is -1.73. The summed E-state index contributed by atoms with van der Waals surface area (Å²) in [5.74, 6) is 0. The van der Waals surface area contributed by atoms with Crippen molar-refractivity contribution in [2.45, 2.75) is 11.8 Å². The number of hydrogen-bond donors (Lipinski definition) is 0. The summed E-state index contributed by atoms with van der Waals surface area (Å²) in [5, 5.41) is 4.24. The molecule has 0 amide bonds. The molecule has 0 aromatic carbocycles. The second kappa shape index (κ2) is 2.65. The summed E-state index contributed by atoms with van der Waals surface area (Å²) in [6.45, 7) is 2.13. The fourth-order valence-electron chi connectivity index (χ4n) is 0.501. The molecule has 1 atom stereocenters. The Labute approximate surface area is 61.7 Å². The van der Waals surface area contributed by atoms with Gasteiger partial charge in [0, 0.05) is 4.83 Å². The van der Waals surface area contributed by atoms with Crippen molar-refractivity contribution in [2.75, 3.05) is 0 Å². The highest BCUT2D eigenvalue weighted by atomic mass is 79.9. The first-order valence-electron chi connectivity index (χ1n) is 2.47. The van der Waals surface area contributed by atoms with Gasteiger partial charge < -0.3 is 0 Å². The van der Waals surface area contributed by atoms with E-state index in [0.29, 0.717) is 4.83 Å². The maximum atomic E-state index is 3.47. The topological polar surface area (TPSA) is 0 Å². The molecule has 0 saturated heterocycles. The Hall–Kier alpha value is 0.180. The molecule has 0 radical (unpaired) electrons. The third-order valence-electron chi connectivity index (χ3n) is 1.00. The van der Waals surface area contributed by atoms with Gasteiger partial charge in [0.2, 0.25) is 0 Å². The second-order valence-corrected chi connectivity index (χ2v) is 3.83. The molecule has 0 spiro atoms. The van der Waals surface area contributed by atoms with E-state index in [4.69, 9.17) is 0 Å². The zero-order valence-electron chi connectivity index (χ0n) is 4.60. The summed E-state index contributed by atoms with van der Waals surface area (Å²) in [7, 11) is 0. The molecular weight excluding hydrogens is 184 g/mol. The van der Waals surface area contributed by atoms with Gasteiger partial charge in [0.25, 0.3) is 0 Å². The van der Waals surface area contributed by atoms with Crippen molar-refractivity contribution in [3.8, 4) is 0 Å². The van der Waals surface area contributed by atoms with Crippen LogP contribution in [-0.4, -0.2) is 0 Å². The van der Waals surface area contributed by atoms with Gasteiger partial charge in [0.1, 0.15) is 0 Å². The third kappa shape index (κ3) is 1.33. The monoisotopic (exact) mass is 190 g/mol. The summed E-state index contributed by atoms with van der Waals surface area (Å²) in [5.41, 5.74) is 1.37. The van der Waals surface area contributed by atoms with Crippen LogP contribution in [0.3, 0.4) is 0 Å². The third-order valence-corrected chi connectivity index (χ3v) is 2.23. The molecule has 0 bridgehead atoms. The Balaban J connectivity index is 2.77. The van der Waals surface area contributed by atoms with Gasteiger partial charge in [-0.05, 0) is 29.3 Å². The largest absolute Gasteiger partial charge is 0.152 e. The quantitative estimate of drug-likeness (QED) is 0.598. The van der Waals surface area contributed by atoms with Crippen molar-refractivity contribution >= 4 is 27.3 Å². The molecule has 0 saturated carbocycles. The maximum Gasteiger partial charge on any atom is 0.0375 e. The summed E-state index contributed by atoms with van der Waals surface area (Å²) in [4.78, 5) is 0.508. The van der Waals surface area contributed by atoms with Crippen LogP contribution in [0.5, 0.6) is 0 Å². The lowest BCUT2D eigenvalue weighted by Gasteiger charge is -1.93. The Morgan fingerprint density at radius 2 is 2.50 bits per heavy atom.